The molecule has 0 spiro atoms. The van der Waals surface area contributed by atoms with E-state index in [0.29, 0.717) is 0 Å². The van der Waals surface area contributed by atoms with Gasteiger partial charge in [-0.15, -0.1) is 0 Å². The minimum absolute atomic E-state index is 0.0844. The Kier molecular flexibility index (Phi) is 5.69. The van der Waals surface area contributed by atoms with Crippen LogP contribution in [0.2, 0.25) is 0 Å². The lowest BCUT2D eigenvalue weighted by Gasteiger charge is -2.31. The Morgan fingerprint density at radius 2 is 0.938 bits per heavy atom. The van der Waals surface area contributed by atoms with E-state index in [1.54, 1.807) is 0 Å². The molecule has 0 aromatic heterocycles. The van der Waals surface area contributed by atoms with Gasteiger partial charge in [0.15, 0.2) is 0 Å². The van der Waals surface area contributed by atoms with Crippen LogP contribution in [0.1, 0.15) is 25.0 Å². The molecule has 0 heterocycles. The maximum absolute atomic E-state index is 2.50. The summed E-state index contributed by atoms with van der Waals surface area (Å²) in [5.41, 5.74) is 16.7. The van der Waals surface area contributed by atoms with Crippen LogP contribution in [0.4, 0.5) is 17.1 Å². The van der Waals surface area contributed by atoms with Gasteiger partial charge in [-0.05, 0) is 115 Å². The third kappa shape index (κ3) is 3.85. The average Bonchev–Trinajstić information content (AvgIpc) is 3.37. The highest BCUT2D eigenvalue weighted by Gasteiger charge is 2.38. The number of fused-ring (bicyclic) bond motifs is 9. The number of hydrogen-bond donors (Lipinski definition) is 0. The number of rotatable bonds is 4. The van der Waals surface area contributed by atoms with Crippen LogP contribution in [0.25, 0.3) is 66.1 Å². The minimum Gasteiger partial charge on any atom is -0.309 e. The highest BCUT2D eigenvalue weighted by Crippen LogP contribution is 2.56. The van der Waals surface area contributed by atoms with E-state index >= 15 is 0 Å². The standard InChI is InChI=1S/C47H33N/c1-47(2)42-18-9-8-17-36(42)46-43(47)19-11-21-45(46)48(35-24-22-31(23-25-35)30-12-4-3-5-13-30)44-20-10-16-34-28-40-38-26-32-14-6-7-15-33(32)27-39(38)41(40)29-37(34)44/h3-29H,1-2H3. The van der Waals surface area contributed by atoms with Gasteiger partial charge in [0, 0.05) is 22.1 Å². The summed E-state index contributed by atoms with van der Waals surface area (Å²) in [4.78, 5) is 2.50. The van der Waals surface area contributed by atoms with Crippen molar-refractivity contribution in [1.82, 2.24) is 0 Å². The Morgan fingerprint density at radius 1 is 0.396 bits per heavy atom. The summed E-state index contributed by atoms with van der Waals surface area (Å²) in [5, 5.41) is 5.09. The summed E-state index contributed by atoms with van der Waals surface area (Å²) in [6.07, 6.45) is 0. The molecular weight excluding hydrogens is 579 g/mol. The van der Waals surface area contributed by atoms with Gasteiger partial charge in [-0.2, -0.15) is 0 Å². The van der Waals surface area contributed by atoms with Crippen molar-refractivity contribution in [3.63, 3.8) is 0 Å². The number of hydrogen-bond acceptors (Lipinski definition) is 1. The van der Waals surface area contributed by atoms with Crippen molar-refractivity contribution in [2.24, 2.45) is 0 Å². The van der Waals surface area contributed by atoms with Crippen LogP contribution in [0.3, 0.4) is 0 Å². The molecule has 0 saturated heterocycles. The summed E-state index contributed by atoms with van der Waals surface area (Å²) >= 11 is 0. The summed E-state index contributed by atoms with van der Waals surface area (Å²) < 4.78 is 0. The van der Waals surface area contributed by atoms with Crippen molar-refractivity contribution >= 4 is 38.6 Å². The highest BCUT2D eigenvalue weighted by molar-refractivity contribution is 6.14. The summed E-state index contributed by atoms with van der Waals surface area (Å²) in [6.45, 7) is 4.72. The molecule has 226 valence electrons. The molecule has 1 heteroatoms. The number of benzene rings is 8. The molecule has 0 bridgehead atoms. The zero-order valence-electron chi connectivity index (χ0n) is 27.0. The molecular formula is C47H33N. The Morgan fingerprint density at radius 3 is 1.69 bits per heavy atom. The van der Waals surface area contributed by atoms with Crippen LogP contribution in [0, 0.1) is 0 Å². The number of anilines is 3. The molecule has 10 rings (SSSR count). The quantitative estimate of drug-likeness (QED) is 0.191. The van der Waals surface area contributed by atoms with E-state index in [4.69, 9.17) is 0 Å². The summed E-state index contributed by atoms with van der Waals surface area (Å²) in [7, 11) is 0. The molecule has 0 aliphatic heterocycles. The zero-order chi connectivity index (χ0) is 32.0. The van der Waals surface area contributed by atoms with Gasteiger partial charge >= 0.3 is 0 Å². The third-order valence-electron chi connectivity index (χ3n) is 10.8. The molecule has 0 unspecified atom stereocenters. The Bertz CT molecular complexity index is 2570. The van der Waals surface area contributed by atoms with E-state index in [1.165, 1.54) is 88.6 Å². The van der Waals surface area contributed by atoms with Gasteiger partial charge < -0.3 is 4.90 Å². The molecule has 0 N–H and O–H groups in total. The van der Waals surface area contributed by atoms with E-state index in [1.807, 2.05) is 0 Å². The molecule has 8 aromatic carbocycles. The van der Waals surface area contributed by atoms with E-state index in [0.717, 1.165) is 5.69 Å². The van der Waals surface area contributed by atoms with Crippen molar-refractivity contribution in [2.75, 3.05) is 4.90 Å². The van der Waals surface area contributed by atoms with E-state index < -0.39 is 0 Å². The second-order valence-electron chi connectivity index (χ2n) is 13.8. The van der Waals surface area contributed by atoms with Crippen molar-refractivity contribution in [3.05, 3.63) is 175 Å². The van der Waals surface area contributed by atoms with Crippen LogP contribution in [0.15, 0.2) is 164 Å². The number of nitrogens with zero attached hydrogens (tertiary/aromatic N) is 1. The molecule has 0 saturated carbocycles. The van der Waals surface area contributed by atoms with Crippen molar-refractivity contribution in [2.45, 2.75) is 19.3 Å². The maximum Gasteiger partial charge on any atom is 0.0543 e. The van der Waals surface area contributed by atoms with Crippen molar-refractivity contribution in [1.29, 1.82) is 0 Å². The monoisotopic (exact) mass is 611 g/mol. The van der Waals surface area contributed by atoms with E-state index in [-0.39, 0.29) is 5.41 Å². The highest BCUT2D eigenvalue weighted by atomic mass is 15.1. The van der Waals surface area contributed by atoms with Gasteiger partial charge in [0.25, 0.3) is 0 Å². The summed E-state index contributed by atoms with van der Waals surface area (Å²) in [5.74, 6) is 0. The molecule has 2 aliphatic carbocycles. The molecule has 48 heavy (non-hydrogen) atoms. The van der Waals surface area contributed by atoms with E-state index in [9.17, 15) is 0 Å². The fourth-order valence-electron chi connectivity index (χ4n) is 8.34. The van der Waals surface area contributed by atoms with E-state index in [2.05, 4.69) is 183 Å². The van der Waals surface area contributed by atoms with Gasteiger partial charge in [-0.1, -0.05) is 129 Å². The first-order chi connectivity index (χ1) is 23.6. The van der Waals surface area contributed by atoms with Crippen molar-refractivity contribution in [3.8, 4) is 44.5 Å². The average molecular weight is 612 g/mol. The fourth-order valence-corrected chi connectivity index (χ4v) is 8.34. The van der Waals surface area contributed by atoms with Crippen LogP contribution in [-0.2, 0) is 5.41 Å². The molecule has 1 nitrogen and oxygen atoms in total. The molecule has 8 aromatic rings. The van der Waals surface area contributed by atoms with Crippen LogP contribution >= 0.6 is 0 Å². The van der Waals surface area contributed by atoms with Gasteiger partial charge in [-0.25, -0.2) is 0 Å². The maximum atomic E-state index is 2.50. The van der Waals surface area contributed by atoms with Gasteiger partial charge in [0.2, 0.25) is 0 Å². The molecule has 0 amide bonds. The van der Waals surface area contributed by atoms with Crippen LogP contribution in [0.5, 0.6) is 0 Å². The van der Waals surface area contributed by atoms with Gasteiger partial charge in [-0.3, -0.25) is 0 Å². The topological polar surface area (TPSA) is 3.24 Å². The normalized spacial score (nSPS) is 13.4. The fraction of sp³-hybridized carbons (Fsp3) is 0.0638. The lowest BCUT2D eigenvalue weighted by Crippen LogP contribution is -2.16. The predicted octanol–water partition coefficient (Wildman–Crippen LogP) is 13.1. The van der Waals surface area contributed by atoms with Crippen LogP contribution in [-0.4, -0.2) is 0 Å². The molecule has 0 radical (unpaired) electrons. The molecule has 2 aliphatic rings. The second-order valence-corrected chi connectivity index (χ2v) is 13.8. The Balaban J connectivity index is 1.21. The zero-order valence-corrected chi connectivity index (χ0v) is 27.0. The Hall–Kier alpha value is -5.92. The minimum atomic E-state index is -0.0844. The lowest BCUT2D eigenvalue weighted by molar-refractivity contribution is 0.660. The largest absolute Gasteiger partial charge is 0.309 e. The lowest BCUT2D eigenvalue weighted by atomic mass is 9.77. The summed E-state index contributed by atoms with van der Waals surface area (Å²) in [6, 6.07) is 60.6. The SMILES string of the molecule is CC1(C)c2ccccc2-c2c(N(c3ccc(-c4ccccc4)cc3)c3cccc4cc5c(cc34)-c3cc4ccccc4cc3-5)cccc21. The predicted molar refractivity (Wildman–Crippen MR) is 204 cm³/mol. The van der Waals surface area contributed by atoms with Crippen molar-refractivity contribution < 1.29 is 0 Å². The Labute approximate surface area is 281 Å². The van der Waals surface area contributed by atoms with Crippen LogP contribution < -0.4 is 4.90 Å². The van der Waals surface area contributed by atoms with Gasteiger partial charge in [0.1, 0.15) is 0 Å². The second kappa shape index (κ2) is 10.0. The van der Waals surface area contributed by atoms with Gasteiger partial charge in [0.05, 0.1) is 11.4 Å². The third-order valence-corrected chi connectivity index (χ3v) is 10.8. The first-order valence-corrected chi connectivity index (χ1v) is 16.9. The molecule has 0 atom stereocenters. The first-order valence-electron chi connectivity index (χ1n) is 16.9. The first kappa shape index (κ1) is 27.2. The molecule has 0 fully saturated rings. The smallest absolute Gasteiger partial charge is 0.0543 e.